The number of aliphatic hydroxyl groups excluding tert-OH is 2. The Morgan fingerprint density at radius 2 is 1.16 bits per heavy atom. The molecule has 43 heavy (non-hydrogen) atoms. The average Bonchev–Trinajstić information content (AvgIpc) is 2.83. The summed E-state index contributed by atoms with van der Waals surface area (Å²) in [4.78, 5) is 0. The fourth-order valence-electron chi connectivity index (χ4n) is 6.32. The molecule has 3 heteroatoms. The van der Waals surface area contributed by atoms with Crippen LogP contribution in [0.25, 0.3) is 0 Å². The molecule has 0 heterocycles. The first-order valence-electron chi connectivity index (χ1n) is 15.6. The molecule has 0 spiro atoms. The topological polar surface area (TPSA) is 60.7 Å². The summed E-state index contributed by atoms with van der Waals surface area (Å²) in [6.45, 7) is 20.7. The van der Waals surface area contributed by atoms with E-state index in [1.165, 1.54) is 22.3 Å². The quantitative estimate of drug-likeness (QED) is 0.187. The molecule has 2 aliphatic carbocycles. The fraction of sp³-hybridized carbons (Fsp3) is 0.475. The van der Waals surface area contributed by atoms with Crippen LogP contribution >= 0.6 is 0 Å². The van der Waals surface area contributed by atoms with Crippen molar-refractivity contribution in [1.29, 1.82) is 0 Å². The van der Waals surface area contributed by atoms with E-state index in [0.29, 0.717) is 12.8 Å². The first kappa shape index (κ1) is 36.3. The van der Waals surface area contributed by atoms with Gasteiger partial charge in [-0.3, -0.25) is 0 Å². The van der Waals surface area contributed by atoms with Crippen molar-refractivity contribution in [3.63, 3.8) is 0 Å². The van der Waals surface area contributed by atoms with E-state index in [9.17, 15) is 15.3 Å². The van der Waals surface area contributed by atoms with Crippen LogP contribution in [0.3, 0.4) is 0 Å². The number of aliphatic hydroxyl groups is 3. The molecule has 2 rings (SSSR count). The SMILES string of the molecule is CC1=C(\C=C/C(C)=C/C=C/C(C)=C/C=C/C=C(C)/C=C/C=C(\C)C=C=C2C(C)(C)C[C@H](O)C[C@@]2(C)O)C(C)(C)C[C@H](O)C1. The molecule has 1 saturated carbocycles. The molecule has 0 aromatic heterocycles. The summed E-state index contributed by atoms with van der Waals surface area (Å²) in [5.41, 5.74) is 9.98. The van der Waals surface area contributed by atoms with Gasteiger partial charge in [-0.25, -0.2) is 0 Å². The predicted molar refractivity (Wildman–Crippen MR) is 185 cm³/mol. The largest absolute Gasteiger partial charge is 0.393 e. The molecule has 0 aliphatic heterocycles. The van der Waals surface area contributed by atoms with Gasteiger partial charge in [-0.2, -0.15) is 0 Å². The Hall–Kier alpha value is -2.94. The average molecular weight is 585 g/mol. The Bertz CT molecular complexity index is 1320. The molecule has 0 unspecified atom stereocenters. The van der Waals surface area contributed by atoms with Crippen LogP contribution in [0.1, 0.15) is 94.9 Å². The zero-order chi connectivity index (χ0) is 32.4. The van der Waals surface area contributed by atoms with Crippen LogP contribution in [0, 0.1) is 10.8 Å². The Morgan fingerprint density at radius 3 is 1.70 bits per heavy atom. The third-order valence-electron chi connectivity index (χ3n) is 8.29. The number of allylic oxidation sites excluding steroid dienone is 17. The molecular formula is C40H56O3. The minimum atomic E-state index is -1.05. The van der Waals surface area contributed by atoms with Crippen molar-refractivity contribution in [2.24, 2.45) is 10.8 Å². The second-order valence-corrected chi connectivity index (χ2v) is 14.1. The molecular weight excluding hydrogens is 528 g/mol. The minimum absolute atomic E-state index is 0.00390. The highest BCUT2D eigenvalue weighted by molar-refractivity contribution is 5.38. The van der Waals surface area contributed by atoms with E-state index in [0.717, 1.165) is 29.6 Å². The van der Waals surface area contributed by atoms with Gasteiger partial charge in [0.25, 0.3) is 0 Å². The third kappa shape index (κ3) is 11.9. The lowest BCUT2D eigenvalue weighted by Gasteiger charge is -2.43. The van der Waals surface area contributed by atoms with Gasteiger partial charge in [-0.15, -0.1) is 5.73 Å². The van der Waals surface area contributed by atoms with E-state index in [4.69, 9.17) is 0 Å². The lowest BCUT2D eigenvalue weighted by Crippen LogP contribution is -2.45. The Morgan fingerprint density at radius 1 is 0.674 bits per heavy atom. The van der Waals surface area contributed by atoms with Crippen molar-refractivity contribution in [1.82, 2.24) is 0 Å². The fourth-order valence-corrected chi connectivity index (χ4v) is 6.32. The molecule has 234 valence electrons. The van der Waals surface area contributed by atoms with Gasteiger partial charge in [0.05, 0.1) is 17.8 Å². The monoisotopic (exact) mass is 584 g/mol. The summed E-state index contributed by atoms with van der Waals surface area (Å²) in [5.74, 6) is 0. The van der Waals surface area contributed by atoms with Gasteiger partial charge in [0.1, 0.15) is 0 Å². The maximum absolute atomic E-state index is 10.8. The van der Waals surface area contributed by atoms with E-state index in [2.05, 4.69) is 110 Å². The van der Waals surface area contributed by atoms with Gasteiger partial charge in [-0.05, 0) is 88.9 Å². The second-order valence-electron chi connectivity index (χ2n) is 14.1. The third-order valence-corrected chi connectivity index (χ3v) is 8.29. The molecule has 0 aromatic rings. The van der Waals surface area contributed by atoms with Gasteiger partial charge in [-0.1, -0.05) is 123 Å². The van der Waals surface area contributed by atoms with E-state index in [1.807, 2.05) is 37.3 Å². The van der Waals surface area contributed by atoms with Crippen molar-refractivity contribution in [3.05, 3.63) is 124 Å². The van der Waals surface area contributed by atoms with Gasteiger partial charge >= 0.3 is 0 Å². The van der Waals surface area contributed by atoms with Gasteiger partial charge in [0.15, 0.2) is 0 Å². The molecule has 0 saturated heterocycles. The van der Waals surface area contributed by atoms with Crippen LogP contribution in [0.4, 0.5) is 0 Å². The van der Waals surface area contributed by atoms with Crippen LogP contribution in [0.5, 0.6) is 0 Å². The highest BCUT2D eigenvalue weighted by Crippen LogP contribution is 2.45. The molecule has 0 aromatic carbocycles. The molecule has 0 radical (unpaired) electrons. The second kappa shape index (κ2) is 15.7. The van der Waals surface area contributed by atoms with Crippen molar-refractivity contribution >= 4 is 0 Å². The maximum Gasteiger partial charge on any atom is 0.0931 e. The van der Waals surface area contributed by atoms with Crippen molar-refractivity contribution in [2.75, 3.05) is 0 Å². The maximum atomic E-state index is 10.8. The highest BCUT2D eigenvalue weighted by Gasteiger charge is 2.44. The number of rotatable bonds is 9. The van der Waals surface area contributed by atoms with E-state index < -0.39 is 11.7 Å². The highest BCUT2D eigenvalue weighted by atomic mass is 16.3. The smallest absolute Gasteiger partial charge is 0.0931 e. The summed E-state index contributed by atoms with van der Waals surface area (Å²) in [7, 11) is 0. The first-order chi connectivity index (χ1) is 19.9. The summed E-state index contributed by atoms with van der Waals surface area (Å²) in [5, 5.41) is 31.1. The van der Waals surface area contributed by atoms with E-state index in [-0.39, 0.29) is 16.9 Å². The predicted octanol–water partition coefficient (Wildman–Crippen LogP) is 9.51. The molecule has 3 atom stereocenters. The van der Waals surface area contributed by atoms with Crippen LogP contribution in [-0.4, -0.2) is 33.1 Å². The Kier molecular flexibility index (Phi) is 13.2. The molecule has 1 fully saturated rings. The normalized spacial score (nSPS) is 27.7. The number of hydrogen-bond acceptors (Lipinski definition) is 3. The van der Waals surface area contributed by atoms with Gasteiger partial charge in [0.2, 0.25) is 0 Å². The molecule has 3 nitrogen and oxygen atoms in total. The lowest BCUT2D eigenvalue weighted by atomic mass is 9.65. The van der Waals surface area contributed by atoms with Crippen LogP contribution in [0.15, 0.2) is 124 Å². The lowest BCUT2D eigenvalue weighted by molar-refractivity contribution is -0.0268. The van der Waals surface area contributed by atoms with Crippen molar-refractivity contribution in [3.8, 4) is 0 Å². The standard InChI is InChI=1S/C40H56O3/c1-29(17-13-19-31(3)21-23-36-33(5)25-34(41)26-38(36,6)7)15-11-12-16-30(2)18-14-20-32(4)22-24-37-39(8,9)27-35(42)28-40(37,10)43/h11-23,34-35,41-43H,25-28H2,1-10H3/b12-11+,17-13+,18-14+,23-21-,29-15+,30-16+,31-19+,32-20+/t24?,34-,35+,40-/m1/s1. The Labute approximate surface area is 262 Å². The van der Waals surface area contributed by atoms with E-state index >= 15 is 0 Å². The molecule has 2 aliphatic rings. The molecule has 0 amide bonds. The zero-order valence-electron chi connectivity index (χ0n) is 28.3. The van der Waals surface area contributed by atoms with Crippen LogP contribution in [-0.2, 0) is 0 Å². The summed E-state index contributed by atoms with van der Waals surface area (Å²) >= 11 is 0. The molecule has 0 bridgehead atoms. The Balaban J connectivity index is 1.95. The van der Waals surface area contributed by atoms with Crippen molar-refractivity contribution in [2.45, 2.75) is 113 Å². The zero-order valence-corrected chi connectivity index (χ0v) is 28.3. The minimum Gasteiger partial charge on any atom is -0.393 e. The number of hydrogen-bond donors (Lipinski definition) is 3. The van der Waals surface area contributed by atoms with Crippen molar-refractivity contribution < 1.29 is 15.3 Å². The first-order valence-corrected chi connectivity index (χ1v) is 15.6. The summed E-state index contributed by atoms with van der Waals surface area (Å²) in [6.07, 6.45) is 28.8. The van der Waals surface area contributed by atoms with Gasteiger partial charge in [0, 0.05) is 12.0 Å². The summed E-state index contributed by atoms with van der Waals surface area (Å²) < 4.78 is 0. The van der Waals surface area contributed by atoms with E-state index in [1.54, 1.807) is 6.92 Å². The van der Waals surface area contributed by atoms with Gasteiger partial charge < -0.3 is 15.3 Å². The van der Waals surface area contributed by atoms with Crippen LogP contribution < -0.4 is 0 Å². The summed E-state index contributed by atoms with van der Waals surface area (Å²) in [6, 6.07) is 0. The van der Waals surface area contributed by atoms with Crippen LogP contribution in [0.2, 0.25) is 0 Å². The molecule has 3 N–H and O–H groups in total.